The largest absolute Gasteiger partial charge is 0.454 e. The topological polar surface area (TPSA) is 91.6 Å². The molecule has 0 saturated heterocycles. The van der Waals surface area contributed by atoms with Gasteiger partial charge in [0.2, 0.25) is 0 Å². The van der Waals surface area contributed by atoms with Crippen molar-refractivity contribution in [3.05, 3.63) is 58.0 Å². The van der Waals surface area contributed by atoms with Gasteiger partial charge in [-0.15, -0.1) is 0 Å². The lowest BCUT2D eigenvalue weighted by Gasteiger charge is -2.26. The van der Waals surface area contributed by atoms with Gasteiger partial charge >= 0.3 is 0 Å². The van der Waals surface area contributed by atoms with Gasteiger partial charge in [-0.2, -0.15) is 0 Å². The van der Waals surface area contributed by atoms with Crippen LogP contribution in [0.1, 0.15) is 70.8 Å². The van der Waals surface area contributed by atoms with Crippen LogP contribution in [0.4, 0.5) is 0 Å². The van der Waals surface area contributed by atoms with Crippen LogP contribution in [0.15, 0.2) is 34.7 Å². The molecule has 0 aliphatic heterocycles. The van der Waals surface area contributed by atoms with E-state index in [1.165, 1.54) is 13.1 Å². The van der Waals surface area contributed by atoms with Gasteiger partial charge in [0.1, 0.15) is 5.76 Å². The fourth-order valence-electron chi connectivity index (χ4n) is 3.55. The van der Waals surface area contributed by atoms with Crippen molar-refractivity contribution in [1.29, 1.82) is 0 Å². The van der Waals surface area contributed by atoms with Gasteiger partial charge in [-0.05, 0) is 43.4 Å². The lowest BCUT2D eigenvalue weighted by atomic mass is 9.92. The number of aliphatic hydroxyl groups is 1. The van der Waals surface area contributed by atoms with Crippen LogP contribution < -0.4 is 10.6 Å². The molecule has 1 saturated carbocycles. The Morgan fingerprint density at radius 2 is 1.89 bits per heavy atom. The molecule has 0 radical (unpaired) electrons. The van der Waals surface area contributed by atoms with Crippen LogP contribution in [0.25, 0.3) is 0 Å². The highest BCUT2D eigenvalue weighted by atomic mass is 35.5. The van der Waals surface area contributed by atoms with E-state index in [0.29, 0.717) is 29.2 Å². The van der Waals surface area contributed by atoms with Crippen molar-refractivity contribution in [3.8, 4) is 0 Å². The van der Waals surface area contributed by atoms with E-state index in [-0.39, 0.29) is 35.6 Å². The summed E-state index contributed by atoms with van der Waals surface area (Å²) in [5, 5.41) is 15.8. The molecule has 2 aromatic rings. The number of carbonyl (C=O) groups excluding carboxylic acids is 2. The quantitative estimate of drug-likeness (QED) is 0.711. The predicted molar refractivity (Wildman–Crippen MR) is 107 cm³/mol. The smallest absolute Gasteiger partial charge is 0.286 e. The van der Waals surface area contributed by atoms with E-state index < -0.39 is 0 Å². The van der Waals surface area contributed by atoms with Crippen LogP contribution in [0.5, 0.6) is 0 Å². The minimum atomic E-state index is -0.389. The summed E-state index contributed by atoms with van der Waals surface area (Å²) in [6.07, 6.45) is 2.51. The number of hydrogen-bond acceptors (Lipinski definition) is 4. The average Bonchev–Trinajstić information content (AvgIpc) is 3.14. The Labute approximate surface area is 169 Å². The molecule has 28 heavy (non-hydrogen) atoms. The van der Waals surface area contributed by atoms with Crippen LogP contribution in [0.3, 0.4) is 0 Å². The number of amides is 2. The Hall–Kier alpha value is -2.31. The molecule has 0 spiro atoms. The summed E-state index contributed by atoms with van der Waals surface area (Å²) in [5.74, 6) is -0.403. The van der Waals surface area contributed by atoms with Gasteiger partial charge in [0, 0.05) is 30.1 Å². The van der Waals surface area contributed by atoms with Crippen LogP contribution in [0, 0.1) is 0 Å². The molecule has 3 N–H and O–H groups in total. The SMILES string of the molecule is CNC(=O)c1cc(C(=O)NC2CCC(O)CC2)c([C@H](C)c2cccc(Cl)c2)o1. The Kier molecular flexibility index (Phi) is 6.42. The van der Waals surface area contributed by atoms with Crippen LogP contribution in [-0.2, 0) is 0 Å². The van der Waals surface area contributed by atoms with Gasteiger partial charge in [-0.1, -0.05) is 30.7 Å². The van der Waals surface area contributed by atoms with E-state index in [2.05, 4.69) is 10.6 Å². The second-order valence-electron chi connectivity index (χ2n) is 7.22. The molecule has 7 heteroatoms. The normalized spacial score (nSPS) is 20.4. The fourth-order valence-corrected chi connectivity index (χ4v) is 3.75. The van der Waals surface area contributed by atoms with Crippen LogP contribution >= 0.6 is 11.6 Å². The first-order valence-electron chi connectivity index (χ1n) is 9.49. The van der Waals surface area contributed by atoms with E-state index in [1.54, 1.807) is 6.07 Å². The number of halogens is 1. The maximum atomic E-state index is 13.0. The Morgan fingerprint density at radius 3 is 2.54 bits per heavy atom. The standard InChI is InChI=1S/C21H25ClN2O4/c1-12(13-4-3-5-14(22)10-13)19-17(11-18(28-19)21(27)23-2)20(26)24-15-6-8-16(25)9-7-15/h3-5,10-12,15-16,25H,6-9H2,1-2H3,(H,23,27)(H,24,26)/t12-,15?,16?/m1/s1. The highest BCUT2D eigenvalue weighted by Gasteiger charge is 2.28. The lowest BCUT2D eigenvalue weighted by Crippen LogP contribution is -2.38. The van der Waals surface area contributed by atoms with E-state index in [0.717, 1.165) is 18.4 Å². The number of furan rings is 1. The molecule has 1 aliphatic carbocycles. The molecule has 1 aromatic heterocycles. The monoisotopic (exact) mass is 404 g/mol. The highest BCUT2D eigenvalue weighted by molar-refractivity contribution is 6.30. The molecule has 0 bridgehead atoms. The van der Waals surface area contributed by atoms with Gasteiger partial charge in [0.25, 0.3) is 11.8 Å². The number of carbonyl (C=O) groups is 2. The average molecular weight is 405 g/mol. The summed E-state index contributed by atoms with van der Waals surface area (Å²) in [7, 11) is 1.51. The summed E-state index contributed by atoms with van der Waals surface area (Å²) in [5.41, 5.74) is 1.23. The van der Waals surface area contributed by atoms with Crippen molar-refractivity contribution in [2.45, 2.75) is 50.7 Å². The number of hydrogen-bond donors (Lipinski definition) is 3. The summed E-state index contributed by atoms with van der Waals surface area (Å²) < 4.78 is 5.79. The predicted octanol–water partition coefficient (Wildman–Crippen LogP) is 3.48. The second-order valence-corrected chi connectivity index (χ2v) is 7.66. The molecule has 6 nitrogen and oxygen atoms in total. The van der Waals surface area contributed by atoms with Crippen molar-refractivity contribution in [3.63, 3.8) is 0 Å². The molecule has 1 atom stereocenters. The summed E-state index contributed by atoms with van der Waals surface area (Å²) in [4.78, 5) is 25.0. The number of aliphatic hydroxyl groups excluding tert-OH is 1. The van der Waals surface area contributed by atoms with Gasteiger partial charge in [0.15, 0.2) is 5.76 Å². The molecular weight excluding hydrogens is 380 g/mol. The van der Waals surface area contributed by atoms with Gasteiger partial charge in [-0.3, -0.25) is 9.59 Å². The minimum absolute atomic E-state index is 0.00331. The maximum Gasteiger partial charge on any atom is 0.286 e. The zero-order valence-electron chi connectivity index (χ0n) is 16.0. The van der Waals surface area contributed by atoms with Crippen LogP contribution in [-0.4, -0.2) is 36.1 Å². The van der Waals surface area contributed by atoms with E-state index in [1.807, 2.05) is 25.1 Å². The molecule has 3 rings (SSSR count). The molecule has 1 fully saturated rings. The first kappa shape index (κ1) is 20.4. The highest BCUT2D eigenvalue weighted by Crippen LogP contribution is 2.31. The van der Waals surface area contributed by atoms with E-state index in [4.69, 9.17) is 16.0 Å². The zero-order chi connectivity index (χ0) is 20.3. The molecule has 1 heterocycles. The lowest BCUT2D eigenvalue weighted by molar-refractivity contribution is 0.0864. The van der Waals surface area contributed by atoms with Gasteiger partial charge in [-0.25, -0.2) is 0 Å². The maximum absolute atomic E-state index is 13.0. The Bertz CT molecular complexity index is 856. The molecule has 1 aliphatic rings. The zero-order valence-corrected chi connectivity index (χ0v) is 16.8. The van der Waals surface area contributed by atoms with Crippen molar-refractivity contribution >= 4 is 23.4 Å². The number of nitrogens with one attached hydrogen (secondary N) is 2. The van der Waals surface area contributed by atoms with Crippen LogP contribution in [0.2, 0.25) is 5.02 Å². The van der Waals surface area contributed by atoms with Crippen molar-refractivity contribution < 1.29 is 19.1 Å². The third kappa shape index (κ3) is 4.56. The summed E-state index contributed by atoms with van der Waals surface area (Å²) >= 11 is 6.10. The summed E-state index contributed by atoms with van der Waals surface area (Å²) in [6, 6.07) is 8.83. The fraction of sp³-hybridized carbons (Fsp3) is 0.429. The second kappa shape index (κ2) is 8.80. The summed E-state index contributed by atoms with van der Waals surface area (Å²) in [6.45, 7) is 1.91. The molecule has 0 unspecified atom stereocenters. The Morgan fingerprint density at radius 1 is 1.18 bits per heavy atom. The Balaban J connectivity index is 1.89. The van der Waals surface area contributed by atoms with Crippen molar-refractivity contribution in [1.82, 2.24) is 10.6 Å². The molecular formula is C21H25ClN2O4. The number of benzene rings is 1. The third-order valence-corrected chi connectivity index (χ3v) is 5.47. The first-order chi connectivity index (χ1) is 13.4. The molecule has 1 aromatic carbocycles. The molecule has 2 amide bonds. The van der Waals surface area contributed by atoms with Gasteiger partial charge in [0.05, 0.1) is 11.7 Å². The van der Waals surface area contributed by atoms with Crippen molar-refractivity contribution in [2.24, 2.45) is 0 Å². The van der Waals surface area contributed by atoms with Gasteiger partial charge < -0.3 is 20.2 Å². The van der Waals surface area contributed by atoms with Crippen molar-refractivity contribution in [2.75, 3.05) is 7.05 Å². The van der Waals surface area contributed by atoms with E-state index >= 15 is 0 Å². The third-order valence-electron chi connectivity index (χ3n) is 5.23. The van der Waals surface area contributed by atoms with E-state index in [9.17, 15) is 14.7 Å². The minimum Gasteiger partial charge on any atom is -0.454 e. The molecule has 150 valence electrons. The first-order valence-corrected chi connectivity index (χ1v) is 9.87. The number of rotatable bonds is 5.